The smallest absolute Gasteiger partial charge is 0.265 e. The molecule has 0 aromatic carbocycles. The topological polar surface area (TPSA) is 76.3 Å². The lowest BCUT2D eigenvalue weighted by Crippen LogP contribution is -2.52. The van der Waals surface area contributed by atoms with Gasteiger partial charge in [0.15, 0.2) is 15.5 Å². The second-order valence-electron chi connectivity index (χ2n) is 5.78. The zero-order valence-electron chi connectivity index (χ0n) is 13.7. The van der Waals surface area contributed by atoms with Gasteiger partial charge < -0.3 is 9.47 Å². The van der Waals surface area contributed by atoms with Crippen LogP contribution in [0, 0.1) is 4.77 Å². The average molecular weight is 364 g/mol. The highest BCUT2D eigenvalue weighted by atomic mass is 32.1. The predicted molar refractivity (Wildman–Crippen MR) is 95.3 cm³/mol. The van der Waals surface area contributed by atoms with E-state index in [-0.39, 0.29) is 11.5 Å². The van der Waals surface area contributed by atoms with Crippen LogP contribution in [0.25, 0.3) is 11.0 Å². The van der Waals surface area contributed by atoms with Crippen LogP contribution in [0.4, 0.5) is 0 Å². The number of aromatic nitrogens is 4. The van der Waals surface area contributed by atoms with Crippen molar-refractivity contribution in [2.75, 3.05) is 20.6 Å². The molecule has 8 nitrogen and oxygen atoms in total. The number of thiocarbonyl (C=S) groups is 1. The minimum Gasteiger partial charge on any atom is -0.351 e. The molecule has 0 aliphatic carbocycles. The molecule has 1 aliphatic rings. The standard InChI is InChI=1S/C14H16N6O2S2/c1-17-6-8(12(22)19(3)13(17)23)9-15-5-7-10(16-9)18(2)14(24)20(4)11(7)21/h5,8H,6H2,1-4H3. The highest BCUT2D eigenvalue weighted by Gasteiger charge is 2.36. The summed E-state index contributed by atoms with van der Waals surface area (Å²) in [7, 11) is 6.78. The van der Waals surface area contributed by atoms with Crippen molar-refractivity contribution < 1.29 is 4.79 Å². The Hall–Kier alpha value is -2.20. The second-order valence-corrected chi connectivity index (χ2v) is 6.51. The summed E-state index contributed by atoms with van der Waals surface area (Å²) in [4.78, 5) is 36.8. The molecule has 1 atom stereocenters. The quantitative estimate of drug-likeness (QED) is 0.668. The number of hydrogen-bond donors (Lipinski definition) is 0. The molecule has 126 valence electrons. The average Bonchev–Trinajstić information content (AvgIpc) is 2.58. The Labute approximate surface area is 148 Å². The highest BCUT2D eigenvalue weighted by molar-refractivity contribution is 7.80. The first kappa shape index (κ1) is 16.7. The van der Waals surface area contributed by atoms with Gasteiger partial charge in [-0.2, -0.15) is 0 Å². The Bertz CT molecular complexity index is 995. The van der Waals surface area contributed by atoms with Crippen LogP contribution in [0.1, 0.15) is 11.7 Å². The van der Waals surface area contributed by atoms with Crippen molar-refractivity contribution in [3.8, 4) is 0 Å². The lowest BCUT2D eigenvalue weighted by atomic mass is 10.0. The summed E-state index contributed by atoms with van der Waals surface area (Å²) in [5.74, 6) is -0.358. The molecule has 3 rings (SSSR count). The molecule has 1 fully saturated rings. The van der Waals surface area contributed by atoms with Gasteiger partial charge in [0, 0.05) is 40.9 Å². The first-order valence-corrected chi connectivity index (χ1v) is 8.01. The Morgan fingerprint density at radius 1 is 1.12 bits per heavy atom. The summed E-state index contributed by atoms with van der Waals surface area (Å²) in [6.07, 6.45) is 1.45. The maximum absolute atomic E-state index is 12.5. The largest absolute Gasteiger partial charge is 0.351 e. The van der Waals surface area contributed by atoms with Crippen LogP contribution < -0.4 is 5.56 Å². The van der Waals surface area contributed by atoms with E-state index in [0.717, 1.165) is 0 Å². The van der Waals surface area contributed by atoms with Gasteiger partial charge in [0.05, 0.1) is 0 Å². The van der Waals surface area contributed by atoms with Gasteiger partial charge in [-0.25, -0.2) is 9.97 Å². The van der Waals surface area contributed by atoms with E-state index in [2.05, 4.69) is 9.97 Å². The van der Waals surface area contributed by atoms with Gasteiger partial charge in [0.25, 0.3) is 5.56 Å². The fraction of sp³-hybridized carbons (Fsp3) is 0.429. The van der Waals surface area contributed by atoms with E-state index in [0.29, 0.717) is 33.3 Å². The Balaban J connectivity index is 2.19. The molecule has 10 heteroatoms. The van der Waals surface area contributed by atoms with E-state index in [1.54, 1.807) is 30.6 Å². The zero-order valence-corrected chi connectivity index (χ0v) is 15.3. The van der Waals surface area contributed by atoms with E-state index < -0.39 is 5.92 Å². The van der Waals surface area contributed by atoms with E-state index in [9.17, 15) is 9.59 Å². The Morgan fingerprint density at radius 3 is 2.46 bits per heavy atom. The summed E-state index contributed by atoms with van der Waals surface area (Å²) >= 11 is 10.5. The van der Waals surface area contributed by atoms with Crippen molar-refractivity contribution in [3.05, 3.63) is 27.1 Å². The zero-order chi connectivity index (χ0) is 17.8. The lowest BCUT2D eigenvalue weighted by molar-refractivity contribution is -0.130. The van der Waals surface area contributed by atoms with Gasteiger partial charge in [0.1, 0.15) is 17.1 Å². The van der Waals surface area contributed by atoms with Crippen LogP contribution in [-0.4, -0.2) is 60.6 Å². The van der Waals surface area contributed by atoms with Gasteiger partial charge in [-0.3, -0.25) is 19.1 Å². The second kappa shape index (κ2) is 5.71. The Kier molecular flexibility index (Phi) is 3.96. The third kappa shape index (κ3) is 2.33. The molecule has 1 saturated heterocycles. The summed E-state index contributed by atoms with van der Waals surface area (Å²) in [5, 5.41) is 0.821. The van der Waals surface area contributed by atoms with Gasteiger partial charge in [-0.05, 0) is 24.4 Å². The Morgan fingerprint density at radius 2 is 1.79 bits per heavy atom. The van der Waals surface area contributed by atoms with Crippen molar-refractivity contribution >= 4 is 46.5 Å². The van der Waals surface area contributed by atoms with Gasteiger partial charge in [-0.15, -0.1) is 0 Å². The van der Waals surface area contributed by atoms with Crippen LogP contribution in [0.5, 0.6) is 0 Å². The maximum atomic E-state index is 12.5. The summed E-state index contributed by atoms with van der Waals surface area (Å²) in [6, 6.07) is 0. The third-order valence-electron chi connectivity index (χ3n) is 4.22. The molecule has 0 saturated carbocycles. The number of likely N-dealkylation sites (N-methyl/N-ethyl adjacent to an activating group) is 2. The molecule has 0 spiro atoms. The number of aryl methyl sites for hydroxylation is 1. The normalized spacial score (nSPS) is 18.6. The molecule has 1 aliphatic heterocycles. The SMILES string of the molecule is CN1CC(c2ncc3c(=O)n(C)c(=S)n(C)c3n2)C(=O)N(C)C1=S. The molecular weight excluding hydrogens is 348 g/mol. The van der Waals surface area contributed by atoms with Crippen molar-refractivity contribution in [2.45, 2.75) is 5.92 Å². The van der Waals surface area contributed by atoms with Crippen molar-refractivity contribution in [1.82, 2.24) is 28.9 Å². The minimum absolute atomic E-state index is 0.164. The summed E-state index contributed by atoms with van der Waals surface area (Å²) < 4.78 is 3.36. The lowest BCUT2D eigenvalue weighted by Gasteiger charge is -2.36. The molecule has 1 amide bonds. The van der Waals surface area contributed by atoms with Gasteiger partial charge in [-0.1, -0.05) is 0 Å². The molecule has 3 heterocycles. The van der Waals surface area contributed by atoms with Crippen LogP contribution in [0.2, 0.25) is 0 Å². The highest BCUT2D eigenvalue weighted by Crippen LogP contribution is 2.22. The number of hydrogen-bond acceptors (Lipinski definition) is 6. The van der Waals surface area contributed by atoms with E-state index in [1.165, 1.54) is 15.7 Å². The van der Waals surface area contributed by atoms with Gasteiger partial charge in [0.2, 0.25) is 5.91 Å². The van der Waals surface area contributed by atoms with Crippen LogP contribution in [0.15, 0.2) is 11.0 Å². The van der Waals surface area contributed by atoms with E-state index in [1.807, 2.05) is 7.05 Å². The van der Waals surface area contributed by atoms with Crippen LogP contribution in [0.3, 0.4) is 0 Å². The first-order valence-electron chi connectivity index (χ1n) is 7.19. The minimum atomic E-state index is -0.547. The van der Waals surface area contributed by atoms with Crippen molar-refractivity contribution in [2.24, 2.45) is 14.1 Å². The van der Waals surface area contributed by atoms with Crippen molar-refractivity contribution in [1.29, 1.82) is 0 Å². The molecule has 0 N–H and O–H groups in total. The monoisotopic (exact) mass is 364 g/mol. The predicted octanol–water partition coefficient (Wildman–Crippen LogP) is 0.169. The summed E-state index contributed by atoms with van der Waals surface area (Å²) in [5.41, 5.74) is 0.157. The van der Waals surface area contributed by atoms with Crippen LogP contribution >= 0.6 is 24.4 Å². The molecule has 0 radical (unpaired) electrons. The fourth-order valence-electron chi connectivity index (χ4n) is 2.75. The molecule has 2 aromatic heterocycles. The summed E-state index contributed by atoms with van der Waals surface area (Å²) in [6.45, 7) is 0.392. The third-order valence-corrected chi connectivity index (χ3v) is 5.36. The molecule has 0 bridgehead atoms. The maximum Gasteiger partial charge on any atom is 0.265 e. The number of carbonyl (C=O) groups is 1. The number of nitrogens with zero attached hydrogens (tertiary/aromatic N) is 6. The molecular formula is C14H16N6O2S2. The molecule has 1 unspecified atom stereocenters. The fourth-order valence-corrected chi connectivity index (χ4v) is 3.08. The molecule has 2 aromatic rings. The number of carbonyl (C=O) groups excluding carboxylic acids is 1. The molecule has 24 heavy (non-hydrogen) atoms. The van der Waals surface area contributed by atoms with Gasteiger partial charge >= 0.3 is 0 Å². The van der Waals surface area contributed by atoms with Crippen LogP contribution in [-0.2, 0) is 18.9 Å². The number of amides is 1. The number of fused-ring (bicyclic) bond motifs is 1. The number of rotatable bonds is 1. The first-order chi connectivity index (χ1) is 11.2. The van der Waals surface area contributed by atoms with Crippen molar-refractivity contribution in [3.63, 3.8) is 0 Å². The van der Waals surface area contributed by atoms with E-state index >= 15 is 0 Å². The van der Waals surface area contributed by atoms with E-state index in [4.69, 9.17) is 24.4 Å².